The fourth-order valence-corrected chi connectivity index (χ4v) is 1.78. The Morgan fingerprint density at radius 2 is 1.53 bits per heavy atom. The van der Waals surface area contributed by atoms with Crippen LogP contribution >= 0.6 is 0 Å². The minimum Gasteiger partial charge on any atom is -0.399 e. The first kappa shape index (κ1) is 11.5. The largest absolute Gasteiger partial charge is 0.399 e. The molecule has 3 heteroatoms. The van der Waals surface area contributed by atoms with E-state index in [0.29, 0.717) is 5.69 Å². The van der Waals surface area contributed by atoms with E-state index in [-0.39, 0.29) is 6.61 Å². The van der Waals surface area contributed by atoms with Crippen molar-refractivity contribution in [3.63, 3.8) is 0 Å². The fourth-order valence-electron chi connectivity index (χ4n) is 1.78. The van der Waals surface area contributed by atoms with Crippen molar-refractivity contribution in [2.24, 2.45) is 0 Å². The van der Waals surface area contributed by atoms with Crippen molar-refractivity contribution in [2.45, 2.75) is 13.5 Å². The number of aliphatic hydroxyl groups excluding tert-OH is 1. The summed E-state index contributed by atoms with van der Waals surface area (Å²) in [6.45, 7) is 1.93. The van der Waals surface area contributed by atoms with Gasteiger partial charge in [-0.25, -0.2) is 0 Å². The zero-order valence-corrected chi connectivity index (χ0v) is 9.77. The quantitative estimate of drug-likeness (QED) is 0.691. The number of aryl methyl sites for hydroxylation is 1. The first-order valence-electron chi connectivity index (χ1n) is 5.47. The Bertz CT molecular complexity index is 550. The Morgan fingerprint density at radius 1 is 0.941 bits per heavy atom. The molecule has 0 spiro atoms. The molecule has 17 heavy (non-hydrogen) atoms. The van der Waals surface area contributed by atoms with Gasteiger partial charge in [0, 0.05) is 16.9 Å². The molecule has 0 unspecified atom stereocenters. The second-order valence-electron chi connectivity index (χ2n) is 4.14. The van der Waals surface area contributed by atoms with E-state index in [0.717, 1.165) is 27.9 Å². The molecule has 0 heterocycles. The molecule has 88 valence electrons. The van der Waals surface area contributed by atoms with Crippen LogP contribution in [-0.4, -0.2) is 5.11 Å². The number of aliphatic hydroxyl groups is 1. The first-order chi connectivity index (χ1) is 8.11. The predicted molar refractivity (Wildman–Crippen MR) is 71.4 cm³/mol. The van der Waals surface area contributed by atoms with E-state index in [1.807, 2.05) is 43.3 Å². The van der Waals surface area contributed by atoms with E-state index in [1.54, 1.807) is 0 Å². The lowest BCUT2D eigenvalue weighted by Gasteiger charge is -2.08. The topological polar surface area (TPSA) is 72.3 Å². The Balaban J connectivity index is 2.49. The number of nitrogen functional groups attached to an aromatic ring is 2. The molecule has 0 aliphatic heterocycles. The zero-order valence-electron chi connectivity index (χ0n) is 9.77. The van der Waals surface area contributed by atoms with E-state index in [4.69, 9.17) is 11.5 Å². The Kier molecular flexibility index (Phi) is 3.02. The summed E-state index contributed by atoms with van der Waals surface area (Å²) < 4.78 is 0. The highest BCUT2D eigenvalue weighted by atomic mass is 16.3. The second kappa shape index (κ2) is 4.47. The van der Waals surface area contributed by atoms with Gasteiger partial charge >= 0.3 is 0 Å². The van der Waals surface area contributed by atoms with E-state index < -0.39 is 0 Å². The van der Waals surface area contributed by atoms with Crippen LogP contribution in [0.15, 0.2) is 36.4 Å². The van der Waals surface area contributed by atoms with Crippen LogP contribution in [0.3, 0.4) is 0 Å². The molecule has 0 aliphatic rings. The van der Waals surface area contributed by atoms with E-state index >= 15 is 0 Å². The summed E-state index contributed by atoms with van der Waals surface area (Å²) in [5.41, 5.74) is 16.8. The molecule has 0 amide bonds. The smallest absolute Gasteiger partial charge is 0.0702 e. The Morgan fingerprint density at radius 3 is 2.12 bits per heavy atom. The predicted octanol–water partition coefficient (Wildman–Crippen LogP) is 2.32. The fraction of sp³-hybridized carbons (Fsp3) is 0.143. The molecule has 2 aromatic carbocycles. The number of anilines is 2. The first-order valence-corrected chi connectivity index (χ1v) is 5.47. The van der Waals surface area contributed by atoms with Gasteiger partial charge in [0.2, 0.25) is 0 Å². The van der Waals surface area contributed by atoms with Gasteiger partial charge in [0.05, 0.1) is 6.61 Å². The SMILES string of the molecule is Cc1cc(-c2ccc(N)c(CO)c2)ccc1N. The molecule has 5 N–H and O–H groups in total. The molecule has 0 saturated heterocycles. The Hall–Kier alpha value is -2.00. The lowest BCUT2D eigenvalue weighted by atomic mass is 10.00. The van der Waals surface area contributed by atoms with Crippen molar-refractivity contribution in [3.8, 4) is 11.1 Å². The summed E-state index contributed by atoms with van der Waals surface area (Å²) in [5.74, 6) is 0. The molecular formula is C14H16N2O. The van der Waals surface area contributed by atoms with Crippen LogP contribution in [0.25, 0.3) is 11.1 Å². The molecule has 2 rings (SSSR count). The molecular weight excluding hydrogens is 212 g/mol. The standard InChI is InChI=1S/C14H16N2O/c1-9-6-10(2-4-13(9)15)11-3-5-14(16)12(7-11)8-17/h2-7,17H,8,15-16H2,1H3. The maximum absolute atomic E-state index is 9.19. The highest BCUT2D eigenvalue weighted by Gasteiger charge is 2.03. The summed E-state index contributed by atoms with van der Waals surface area (Å²) in [6, 6.07) is 11.5. The third-order valence-corrected chi connectivity index (χ3v) is 2.92. The van der Waals surface area contributed by atoms with Crippen molar-refractivity contribution in [2.75, 3.05) is 11.5 Å². The third-order valence-electron chi connectivity index (χ3n) is 2.92. The summed E-state index contributed by atoms with van der Waals surface area (Å²) in [7, 11) is 0. The highest BCUT2D eigenvalue weighted by molar-refractivity contribution is 5.70. The lowest BCUT2D eigenvalue weighted by molar-refractivity contribution is 0.282. The van der Waals surface area contributed by atoms with E-state index in [9.17, 15) is 5.11 Å². The number of hydrogen-bond donors (Lipinski definition) is 3. The third kappa shape index (κ3) is 2.24. The van der Waals surface area contributed by atoms with Crippen LogP contribution in [0.1, 0.15) is 11.1 Å². The number of rotatable bonds is 2. The summed E-state index contributed by atoms with van der Waals surface area (Å²) >= 11 is 0. The van der Waals surface area contributed by atoms with Crippen molar-refractivity contribution >= 4 is 11.4 Å². The van der Waals surface area contributed by atoms with Crippen molar-refractivity contribution in [1.82, 2.24) is 0 Å². The monoisotopic (exact) mass is 228 g/mol. The second-order valence-corrected chi connectivity index (χ2v) is 4.14. The molecule has 0 bridgehead atoms. The lowest BCUT2D eigenvalue weighted by Crippen LogP contribution is -1.95. The molecule has 3 nitrogen and oxygen atoms in total. The molecule has 0 aromatic heterocycles. The van der Waals surface area contributed by atoms with Crippen molar-refractivity contribution < 1.29 is 5.11 Å². The summed E-state index contributed by atoms with van der Waals surface area (Å²) in [4.78, 5) is 0. The van der Waals surface area contributed by atoms with Gasteiger partial charge in [-0.15, -0.1) is 0 Å². The number of nitrogens with two attached hydrogens (primary N) is 2. The van der Waals surface area contributed by atoms with E-state index in [2.05, 4.69) is 0 Å². The maximum Gasteiger partial charge on any atom is 0.0702 e. The number of hydrogen-bond acceptors (Lipinski definition) is 3. The molecule has 0 saturated carbocycles. The van der Waals surface area contributed by atoms with Gasteiger partial charge in [0.15, 0.2) is 0 Å². The summed E-state index contributed by atoms with van der Waals surface area (Å²) in [5, 5.41) is 9.19. The van der Waals surface area contributed by atoms with Gasteiger partial charge in [-0.3, -0.25) is 0 Å². The molecule has 2 aromatic rings. The number of benzene rings is 2. The van der Waals surface area contributed by atoms with Crippen LogP contribution < -0.4 is 11.5 Å². The van der Waals surface area contributed by atoms with E-state index in [1.165, 1.54) is 0 Å². The van der Waals surface area contributed by atoms with Gasteiger partial charge < -0.3 is 16.6 Å². The molecule has 0 aliphatic carbocycles. The minimum absolute atomic E-state index is 0.0480. The average molecular weight is 228 g/mol. The van der Waals surface area contributed by atoms with Gasteiger partial charge in [-0.2, -0.15) is 0 Å². The maximum atomic E-state index is 9.19. The Labute approximate surface area is 101 Å². The minimum atomic E-state index is -0.0480. The summed E-state index contributed by atoms with van der Waals surface area (Å²) in [6.07, 6.45) is 0. The van der Waals surface area contributed by atoms with Gasteiger partial charge in [0.1, 0.15) is 0 Å². The van der Waals surface area contributed by atoms with Crippen LogP contribution in [0.4, 0.5) is 11.4 Å². The van der Waals surface area contributed by atoms with Crippen LogP contribution in [0, 0.1) is 6.92 Å². The van der Waals surface area contributed by atoms with Gasteiger partial charge in [-0.1, -0.05) is 12.1 Å². The molecule has 0 fully saturated rings. The van der Waals surface area contributed by atoms with Crippen LogP contribution in [0.5, 0.6) is 0 Å². The van der Waals surface area contributed by atoms with Crippen LogP contribution in [-0.2, 0) is 6.61 Å². The zero-order chi connectivity index (χ0) is 12.4. The molecule has 0 radical (unpaired) electrons. The van der Waals surface area contributed by atoms with Gasteiger partial charge in [-0.05, 0) is 47.9 Å². The van der Waals surface area contributed by atoms with Crippen molar-refractivity contribution in [3.05, 3.63) is 47.5 Å². The van der Waals surface area contributed by atoms with Gasteiger partial charge in [0.25, 0.3) is 0 Å². The normalized spacial score (nSPS) is 10.5. The average Bonchev–Trinajstić information content (AvgIpc) is 2.33. The molecule has 0 atom stereocenters. The highest BCUT2D eigenvalue weighted by Crippen LogP contribution is 2.26. The van der Waals surface area contributed by atoms with Crippen LogP contribution in [0.2, 0.25) is 0 Å². The van der Waals surface area contributed by atoms with Crippen molar-refractivity contribution in [1.29, 1.82) is 0 Å².